The van der Waals surface area contributed by atoms with Crippen LogP contribution in [0.5, 0.6) is 0 Å². The monoisotopic (exact) mass is 237 g/mol. The van der Waals surface area contributed by atoms with E-state index >= 15 is 0 Å². The molecule has 0 heterocycles. The minimum atomic E-state index is 0.183. The van der Waals surface area contributed by atoms with Gasteiger partial charge in [-0.1, -0.05) is 43.0 Å². The maximum Gasteiger partial charge on any atom is 0.0406 e. The summed E-state index contributed by atoms with van der Waals surface area (Å²) >= 11 is 5.94. The summed E-state index contributed by atoms with van der Waals surface area (Å²) in [6.45, 7) is 2.14. The Morgan fingerprint density at radius 3 is 2.19 bits per heavy atom. The summed E-state index contributed by atoms with van der Waals surface area (Å²) in [5.74, 6) is 0. The highest BCUT2D eigenvalue weighted by Crippen LogP contribution is 2.41. The summed E-state index contributed by atoms with van der Waals surface area (Å²) in [7, 11) is 0. The van der Waals surface area contributed by atoms with Crippen molar-refractivity contribution in [2.75, 3.05) is 0 Å². The van der Waals surface area contributed by atoms with Gasteiger partial charge in [-0.3, -0.25) is 0 Å². The molecule has 0 radical (unpaired) electrons. The summed E-state index contributed by atoms with van der Waals surface area (Å²) < 4.78 is 0. The average molecular weight is 238 g/mol. The highest BCUT2D eigenvalue weighted by atomic mass is 35.5. The number of benzene rings is 1. The van der Waals surface area contributed by atoms with E-state index in [1.54, 1.807) is 0 Å². The summed E-state index contributed by atoms with van der Waals surface area (Å²) in [5, 5.41) is 0.805. The molecule has 1 atom stereocenters. The van der Waals surface area contributed by atoms with Crippen LogP contribution in [0.4, 0.5) is 0 Å². The molecule has 2 rings (SSSR count). The van der Waals surface area contributed by atoms with Crippen LogP contribution in [-0.4, -0.2) is 6.04 Å². The molecule has 1 saturated carbocycles. The Balaban J connectivity index is 2.34. The van der Waals surface area contributed by atoms with Gasteiger partial charge in [-0.05, 0) is 37.5 Å². The average Bonchev–Trinajstić information content (AvgIpc) is 2.30. The van der Waals surface area contributed by atoms with E-state index in [1.165, 1.54) is 37.7 Å². The minimum Gasteiger partial charge on any atom is -0.327 e. The van der Waals surface area contributed by atoms with Gasteiger partial charge in [0.15, 0.2) is 0 Å². The maximum absolute atomic E-state index is 6.24. The highest BCUT2D eigenvalue weighted by molar-refractivity contribution is 6.30. The first-order chi connectivity index (χ1) is 7.65. The second-order valence-corrected chi connectivity index (χ2v) is 5.45. The number of hydrogen-bond donors (Lipinski definition) is 1. The van der Waals surface area contributed by atoms with Crippen LogP contribution >= 0.6 is 11.6 Å². The predicted molar refractivity (Wildman–Crippen MR) is 69.9 cm³/mol. The van der Waals surface area contributed by atoms with Gasteiger partial charge in [0.05, 0.1) is 0 Å². The van der Waals surface area contributed by atoms with Gasteiger partial charge in [-0.25, -0.2) is 0 Å². The molecule has 0 aliphatic heterocycles. The fourth-order valence-corrected chi connectivity index (χ4v) is 3.10. The molecule has 1 aromatic rings. The third-order valence-electron chi connectivity index (χ3n) is 4.04. The van der Waals surface area contributed by atoms with E-state index in [9.17, 15) is 0 Å². The Morgan fingerprint density at radius 1 is 1.12 bits per heavy atom. The molecule has 0 amide bonds. The van der Waals surface area contributed by atoms with E-state index in [2.05, 4.69) is 19.1 Å². The molecule has 88 valence electrons. The molecule has 1 aromatic carbocycles. The molecule has 1 aliphatic rings. The smallest absolute Gasteiger partial charge is 0.0406 e. The van der Waals surface area contributed by atoms with Crippen LogP contribution < -0.4 is 5.73 Å². The van der Waals surface area contributed by atoms with Crippen molar-refractivity contribution in [3.8, 4) is 0 Å². The second-order valence-electron chi connectivity index (χ2n) is 5.01. The normalized spacial score (nSPS) is 21.7. The Morgan fingerprint density at radius 2 is 1.69 bits per heavy atom. The third-order valence-corrected chi connectivity index (χ3v) is 4.29. The number of rotatable bonds is 2. The topological polar surface area (TPSA) is 26.0 Å². The first-order valence-electron chi connectivity index (χ1n) is 6.17. The zero-order chi connectivity index (χ0) is 11.6. The van der Waals surface area contributed by atoms with Gasteiger partial charge in [0.2, 0.25) is 0 Å². The molecular formula is C14H20ClN. The summed E-state index contributed by atoms with van der Waals surface area (Å²) in [4.78, 5) is 0. The lowest BCUT2D eigenvalue weighted by atomic mass is 9.65. The van der Waals surface area contributed by atoms with Crippen molar-refractivity contribution in [1.82, 2.24) is 0 Å². The van der Waals surface area contributed by atoms with Crippen molar-refractivity contribution < 1.29 is 0 Å². The quantitative estimate of drug-likeness (QED) is 0.830. The van der Waals surface area contributed by atoms with Crippen LogP contribution in [0.15, 0.2) is 24.3 Å². The van der Waals surface area contributed by atoms with E-state index in [1.807, 2.05) is 12.1 Å². The van der Waals surface area contributed by atoms with Crippen LogP contribution in [-0.2, 0) is 5.41 Å². The lowest BCUT2D eigenvalue weighted by Crippen LogP contribution is -2.44. The molecular weight excluding hydrogens is 218 g/mol. The van der Waals surface area contributed by atoms with Crippen molar-refractivity contribution in [2.24, 2.45) is 5.73 Å². The molecule has 0 aromatic heterocycles. The summed E-state index contributed by atoms with van der Waals surface area (Å²) in [6, 6.07) is 8.48. The SMILES string of the molecule is CC(N)C1(c2ccc(Cl)cc2)CCCCC1. The first kappa shape index (κ1) is 11.9. The molecule has 2 heteroatoms. The first-order valence-corrected chi connectivity index (χ1v) is 6.54. The number of halogens is 1. The molecule has 1 aliphatic carbocycles. The standard InChI is InChI=1S/C14H20ClN/c1-11(16)14(9-3-2-4-10-14)12-5-7-13(15)8-6-12/h5-8,11H,2-4,9-10,16H2,1H3. The molecule has 0 spiro atoms. The lowest BCUT2D eigenvalue weighted by Gasteiger charge is -2.41. The Labute approximate surface area is 103 Å². The van der Waals surface area contributed by atoms with Crippen LogP contribution in [0.1, 0.15) is 44.6 Å². The van der Waals surface area contributed by atoms with Gasteiger partial charge in [-0.2, -0.15) is 0 Å². The molecule has 2 N–H and O–H groups in total. The fourth-order valence-electron chi connectivity index (χ4n) is 2.97. The van der Waals surface area contributed by atoms with E-state index in [-0.39, 0.29) is 11.5 Å². The second kappa shape index (κ2) is 4.77. The molecule has 1 nitrogen and oxygen atoms in total. The number of hydrogen-bond acceptors (Lipinski definition) is 1. The van der Waals surface area contributed by atoms with Crippen LogP contribution in [0.2, 0.25) is 5.02 Å². The summed E-state index contributed by atoms with van der Waals surface area (Å²) in [6.07, 6.45) is 6.37. The molecule has 0 saturated heterocycles. The number of nitrogens with two attached hydrogens (primary N) is 1. The van der Waals surface area contributed by atoms with E-state index in [0.717, 1.165) is 5.02 Å². The van der Waals surface area contributed by atoms with Crippen molar-refractivity contribution in [3.63, 3.8) is 0 Å². The van der Waals surface area contributed by atoms with Crippen molar-refractivity contribution in [2.45, 2.75) is 50.5 Å². The Bertz CT molecular complexity index is 336. The van der Waals surface area contributed by atoms with Crippen molar-refractivity contribution in [1.29, 1.82) is 0 Å². The largest absolute Gasteiger partial charge is 0.327 e. The Kier molecular flexibility index (Phi) is 3.56. The van der Waals surface area contributed by atoms with Crippen LogP contribution in [0.25, 0.3) is 0 Å². The molecule has 1 unspecified atom stereocenters. The molecule has 16 heavy (non-hydrogen) atoms. The van der Waals surface area contributed by atoms with E-state index in [4.69, 9.17) is 17.3 Å². The van der Waals surface area contributed by atoms with Gasteiger partial charge in [0, 0.05) is 16.5 Å². The van der Waals surface area contributed by atoms with E-state index in [0.29, 0.717) is 0 Å². The van der Waals surface area contributed by atoms with E-state index < -0.39 is 0 Å². The van der Waals surface area contributed by atoms with Crippen LogP contribution in [0.3, 0.4) is 0 Å². The van der Waals surface area contributed by atoms with Gasteiger partial charge in [-0.15, -0.1) is 0 Å². The fraction of sp³-hybridized carbons (Fsp3) is 0.571. The predicted octanol–water partition coefficient (Wildman–Crippen LogP) is 3.89. The zero-order valence-electron chi connectivity index (χ0n) is 9.88. The van der Waals surface area contributed by atoms with Gasteiger partial charge in [0.1, 0.15) is 0 Å². The third kappa shape index (κ3) is 2.11. The van der Waals surface area contributed by atoms with Gasteiger partial charge >= 0.3 is 0 Å². The Hall–Kier alpha value is -0.530. The molecule has 0 bridgehead atoms. The zero-order valence-corrected chi connectivity index (χ0v) is 10.6. The highest BCUT2D eigenvalue weighted by Gasteiger charge is 2.37. The summed E-state index contributed by atoms with van der Waals surface area (Å²) in [5.41, 5.74) is 7.79. The van der Waals surface area contributed by atoms with Gasteiger partial charge in [0.25, 0.3) is 0 Å². The lowest BCUT2D eigenvalue weighted by molar-refractivity contribution is 0.252. The van der Waals surface area contributed by atoms with Gasteiger partial charge < -0.3 is 5.73 Å². The van der Waals surface area contributed by atoms with Crippen molar-refractivity contribution in [3.05, 3.63) is 34.9 Å². The van der Waals surface area contributed by atoms with Crippen molar-refractivity contribution >= 4 is 11.6 Å². The molecule has 1 fully saturated rings. The van der Waals surface area contributed by atoms with Crippen LogP contribution in [0, 0.1) is 0 Å². The maximum atomic E-state index is 6.24. The minimum absolute atomic E-state index is 0.183.